The molecule has 2 aromatic carbocycles. The van der Waals surface area contributed by atoms with Crippen LogP contribution in [0.4, 0.5) is 0 Å². The van der Waals surface area contributed by atoms with Crippen molar-refractivity contribution in [2.45, 2.75) is 6.10 Å². The second kappa shape index (κ2) is 11.6. The monoisotopic (exact) mass is 330 g/mol. The van der Waals surface area contributed by atoms with Crippen molar-refractivity contribution in [2.75, 3.05) is 0 Å². The van der Waals surface area contributed by atoms with E-state index in [0.29, 0.717) is 0 Å². The van der Waals surface area contributed by atoms with Crippen molar-refractivity contribution < 1.29 is 5.11 Å². The number of aliphatic hydroxyl groups excluding tert-OH is 1. The molecule has 128 valence electrons. The molecule has 0 aliphatic rings. The Labute approximate surface area is 151 Å². The molecule has 0 bridgehead atoms. The van der Waals surface area contributed by atoms with E-state index in [2.05, 4.69) is 26.3 Å². The molecule has 2 aromatic rings. The lowest BCUT2D eigenvalue weighted by Gasteiger charge is -2.15. The molecule has 0 fully saturated rings. The summed E-state index contributed by atoms with van der Waals surface area (Å²) in [4.78, 5) is 0. The third-order valence-corrected chi connectivity index (χ3v) is 3.65. The summed E-state index contributed by atoms with van der Waals surface area (Å²) < 4.78 is 0. The molecule has 0 aliphatic carbocycles. The van der Waals surface area contributed by atoms with Crippen LogP contribution in [-0.2, 0) is 0 Å². The molecule has 0 saturated heterocycles. The average Bonchev–Trinajstić information content (AvgIpc) is 2.69. The molecular formula is C24H26O. The van der Waals surface area contributed by atoms with E-state index in [9.17, 15) is 5.11 Å². The largest absolute Gasteiger partial charge is 0.387 e. The lowest BCUT2D eigenvalue weighted by molar-refractivity contribution is 0.151. The first-order valence-corrected chi connectivity index (χ1v) is 8.16. The molecule has 0 radical (unpaired) electrons. The van der Waals surface area contributed by atoms with Crippen molar-refractivity contribution in [3.63, 3.8) is 0 Å². The number of aliphatic hydroxyl groups is 1. The molecular weight excluding hydrogens is 304 g/mol. The van der Waals surface area contributed by atoms with Gasteiger partial charge in [-0.25, -0.2) is 0 Å². The van der Waals surface area contributed by atoms with E-state index in [1.165, 1.54) is 5.56 Å². The van der Waals surface area contributed by atoms with E-state index in [-0.39, 0.29) is 5.92 Å². The van der Waals surface area contributed by atoms with E-state index in [1.807, 2.05) is 66.7 Å². The molecule has 0 saturated carbocycles. The molecule has 1 nitrogen and oxygen atoms in total. The van der Waals surface area contributed by atoms with Crippen LogP contribution in [0.5, 0.6) is 0 Å². The van der Waals surface area contributed by atoms with E-state index >= 15 is 0 Å². The molecule has 1 unspecified atom stereocenters. The first-order valence-electron chi connectivity index (χ1n) is 8.16. The van der Waals surface area contributed by atoms with Crippen LogP contribution >= 0.6 is 0 Å². The van der Waals surface area contributed by atoms with Crippen LogP contribution in [0.15, 0.2) is 117 Å². The maximum absolute atomic E-state index is 9.84. The van der Waals surface area contributed by atoms with Crippen LogP contribution in [0.3, 0.4) is 0 Å². The Kier molecular flexibility index (Phi) is 9.35. The van der Waals surface area contributed by atoms with Crippen molar-refractivity contribution in [3.8, 4) is 0 Å². The molecule has 0 amide bonds. The van der Waals surface area contributed by atoms with Gasteiger partial charge >= 0.3 is 0 Å². The summed E-state index contributed by atoms with van der Waals surface area (Å²) in [6.07, 6.45) is 8.49. The topological polar surface area (TPSA) is 20.2 Å². The van der Waals surface area contributed by atoms with Crippen molar-refractivity contribution in [3.05, 3.63) is 128 Å². The molecule has 0 aliphatic heterocycles. The molecule has 1 heteroatoms. The predicted molar refractivity (Wildman–Crippen MR) is 110 cm³/mol. The summed E-state index contributed by atoms with van der Waals surface area (Å²) in [6, 6.07) is 19.6. The van der Waals surface area contributed by atoms with E-state index in [0.717, 1.165) is 11.1 Å². The molecule has 1 atom stereocenters. The van der Waals surface area contributed by atoms with Crippen LogP contribution in [0.1, 0.15) is 17.2 Å². The van der Waals surface area contributed by atoms with Crippen LogP contribution in [-0.4, -0.2) is 5.11 Å². The van der Waals surface area contributed by atoms with Gasteiger partial charge in [-0.1, -0.05) is 98.1 Å². The maximum atomic E-state index is 9.84. The lowest BCUT2D eigenvalue weighted by atomic mass is 9.96. The molecule has 0 heterocycles. The Morgan fingerprint density at radius 1 is 0.760 bits per heavy atom. The summed E-state index contributed by atoms with van der Waals surface area (Å²) in [5, 5.41) is 9.84. The maximum Gasteiger partial charge on any atom is 0.0886 e. The quantitative estimate of drug-likeness (QED) is 0.477. The highest BCUT2D eigenvalue weighted by atomic mass is 16.3. The summed E-state index contributed by atoms with van der Waals surface area (Å²) >= 11 is 0. The summed E-state index contributed by atoms with van der Waals surface area (Å²) in [5.74, 6) is -0.0811. The standard InChI is InChI=1S/C12H14O.C12H12/c1-3-10(4-2)12(13)11-8-6-5-7-9-11;1-3-11(4-2)10-12-8-6-5-7-9-12/h3-10,12-13H,1-2H2;3-10H,1-2H2. The number of allylic oxidation sites excluding steroid dienone is 3. The van der Waals surface area contributed by atoms with Gasteiger partial charge in [-0.2, -0.15) is 0 Å². The summed E-state index contributed by atoms with van der Waals surface area (Å²) in [6.45, 7) is 14.7. The predicted octanol–water partition coefficient (Wildman–Crippen LogP) is 6.15. The fraction of sp³-hybridized carbons (Fsp3) is 0.0833. The third-order valence-electron chi connectivity index (χ3n) is 3.65. The molecule has 1 N–H and O–H groups in total. The fourth-order valence-corrected chi connectivity index (χ4v) is 2.17. The van der Waals surface area contributed by atoms with Gasteiger partial charge in [-0.3, -0.25) is 0 Å². The van der Waals surface area contributed by atoms with E-state index in [4.69, 9.17) is 0 Å². The number of hydrogen-bond donors (Lipinski definition) is 1. The van der Waals surface area contributed by atoms with Gasteiger partial charge in [0.15, 0.2) is 0 Å². The minimum absolute atomic E-state index is 0.0811. The Hall–Kier alpha value is -2.90. The summed E-state index contributed by atoms with van der Waals surface area (Å²) in [5.41, 5.74) is 3.11. The highest BCUT2D eigenvalue weighted by Crippen LogP contribution is 2.22. The Balaban J connectivity index is 0.000000251. The SMILES string of the molecule is C=CC(C=C)=Cc1ccccc1.C=CC(C=C)C(O)c1ccccc1. The summed E-state index contributed by atoms with van der Waals surface area (Å²) in [7, 11) is 0. The first-order chi connectivity index (χ1) is 12.2. The fourth-order valence-electron chi connectivity index (χ4n) is 2.17. The minimum atomic E-state index is -0.531. The number of benzene rings is 2. The number of hydrogen-bond acceptors (Lipinski definition) is 1. The Morgan fingerprint density at radius 2 is 1.24 bits per heavy atom. The van der Waals surface area contributed by atoms with Gasteiger partial charge in [0.05, 0.1) is 6.10 Å². The normalized spacial score (nSPS) is 10.6. The van der Waals surface area contributed by atoms with Gasteiger partial charge < -0.3 is 5.11 Å². The lowest BCUT2D eigenvalue weighted by Crippen LogP contribution is -2.06. The van der Waals surface area contributed by atoms with Gasteiger partial charge in [-0.05, 0) is 22.8 Å². The van der Waals surface area contributed by atoms with E-state index < -0.39 is 6.10 Å². The van der Waals surface area contributed by atoms with Crippen molar-refractivity contribution >= 4 is 6.08 Å². The molecule has 0 aromatic heterocycles. The minimum Gasteiger partial charge on any atom is -0.387 e. The van der Waals surface area contributed by atoms with Crippen molar-refractivity contribution in [1.29, 1.82) is 0 Å². The van der Waals surface area contributed by atoms with Gasteiger partial charge in [0.1, 0.15) is 0 Å². The first kappa shape index (κ1) is 20.1. The highest BCUT2D eigenvalue weighted by molar-refractivity contribution is 5.58. The Bertz CT molecular complexity index is 677. The second-order valence-corrected chi connectivity index (χ2v) is 5.37. The third kappa shape index (κ3) is 7.03. The molecule has 0 spiro atoms. The zero-order valence-corrected chi connectivity index (χ0v) is 14.6. The zero-order chi connectivity index (χ0) is 18.5. The van der Waals surface area contributed by atoms with Gasteiger partial charge in [-0.15, -0.1) is 13.2 Å². The van der Waals surface area contributed by atoms with Crippen LogP contribution in [0.2, 0.25) is 0 Å². The van der Waals surface area contributed by atoms with Gasteiger partial charge in [0.25, 0.3) is 0 Å². The van der Waals surface area contributed by atoms with Crippen LogP contribution < -0.4 is 0 Å². The second-order valence-electron chi connectivity index (χ2n) is 5.37. The zero-order valence-electron chi connectivity index (χ0n) is 14.6. The average molecular weight is 330 g/mol. The van der Waals surface area contributed by atoms with Crippen LogP contribution in [0.25, 0.3) is 6.08 Å². The Morgan fingerprint density at radius 3 is 1.68 bits per heavy atom. The van der Waals surface area contributed by atoms with E-state index in [1.54, 1.807) is 24.3 Å². The van der Waals surface area contributed by atoms with Crippen molar-refractivity contribution in [2.24, 2.45) is 5.92 Å². The van der Waals surface area contributed by atoms with Gasteiger partial charge in [0.2, 0.25) is 0 Å². The molecule has 25 heavy (non-hydrogen) atoms. The highest BCUT2D eigenvalue weighted by Gasteiger charge is 2.13. The number of rotatable bonds is 7. The van der Waals surface area contributed by atoms with Crippen LogP contribution in [0, 0.1) is 5.92 Å². The smallest absolute Gasteiger partial charge is 0.0886 e. The van der Waals surface area contributed by atoms with Crippen molar-refractivity contribution in [1.82, 2.24) is 0 Å². The molecule has 2 rings (SSSR count). The van der Waals surface area contributed by atoms with Gasteiger partial charge in [0, 0.05) is 5.92 Å².